The molecule has 0 spiro atoms. The molecule has 2 fully saturated rings. The molecular weight excluding hydrogens is 236 g/mol. The Morgan fingerprint density at radius 2 is 2.00 bits per heavy atom. The highest BCUT2D eigenvalue weighted by molar-refractivity contribution is 5.29. The lowest BCUT2D eigenvalue weighted by Crippen LogP contribution is -2.40. The van der Waals surface area contributed by atoms with Gasteiger partial charge in [0.25, 0.3) is 0 Å². The molecule has 2 heterocycles. The van der Waals surface area contributed by atoms with Crippen LogP contribution < -0.4 is 10.1 Å². The molecule has 19 heavy (non-hydrogen) atoms. The highest BCUT2D eigenvalue weighted by atomic mass is 16.5. The second kappa shape index (κ2) is 5.51. The molecule has 3 atom stereocenters. The summed E-state index contributed by atoms with van der Waals surface area (Å²) < 4.78 is 5.21. The van der Waals surface area contributed by atoms with Gasteiger partial charge in [0.2, 0.25) is 0 Å². The normalized spacial score (nSPS) is 28.3. The van der Waals surface area contributed by atoms with Gasteiger partial charge in [-0.15, -0.1) is 0 Å². The largest absolute Gasteiger partial charge is 0.497 e. The van der Waals surface area contributed by atoms with E-state index in [9.17, 15) is 0 Å². The Morgan fingerprint density at radius 3 is 2.74 bits per heavy atom. The van der Waals surface area contributed by atoms with Crippen LogP contribution in [0.15, 0.2) is 24.3 Å². The van der Waals surface area contributed by atoms with Gasteiger partial charge in [0, 0.05) is 24.7 Å². The average molecular weight is 260 g/mol. The van der Waals surface area contributed by atoms with E-state index in [4.69, 9.17) is 4.74 Å². The zero-order chi connectivity index (χ0) is 13.2. The Bertz CT molecular complexity index is 417. The van der Waals surface area contributed by atoms with Gasteiger partial charge in [0.15, 0.2) is 0 Å². The summed E-state index contributed by atoms with van der Waals surface area (Å²) in [5.74, 6) is 0.929. The molecule has 0 aromatic heterocycles. The fourth-order valence-corrected chi connectivity index (χ4v) is 3.59. The van der Waals surface area contributed by atoms with Gasteiger partial charge in [0.05, 0.1) is 7.11 Å². The minimum atomic E-state index is 0.413. The standard InChI is InChI=1S/C16H24N2O/c1-12(13-5-7-14(19-2)8-6-13)17-15-9-11-18-10-3-4-16(15)18/h5-8,12,15-17H,3-4,9-11H2,1-2H3/t12-,15?,16?/m1/s1. The zero-order valence-electron chi connectivity index (χ0n) is 11.9. The Labute approximate surface area is 115 Å². The minimum absolute atomic E-state index is 0.413. The third kappa shape index (κ3) is 2.63. The first kappa shape index (κ1) is 12.9. The van der Waals surface area contributed by atoms with Gasteiger partial charge in [-0.1, -0.05) is 12.1 Å². The number of hydrogen-bond acceptors (Lipinski definition) is 3. The average Bonchev–Trinajstić information content (AvgIpc) is 3.04. The molecule has 2 aliphatic heterocycles. The zero-order valence-corrected chi connectivity index (χ0v) is 11.9. The maximum atomic E-state index is 5.21. The van der Waals surface area contributed by atoms with Crippen molar-refractivity contribution in [2.45, 2.75) is 44.3 Å². The minimum Gasteiger partial charge on any atom is -0.497 e. The van der Waals surface area contributed by atoms with Crippen LogP contribution in [-0.2, 0) is 0 Å². The fraction of sp³-hybridized carbons (Fsp3) is 0.625. The smallest absolute Gasteiger partial charge is 0.118 e. The van der Waals surface area contributed by atoms with Crippen molar-refractivity contribution in [2.24, 2.45) is 0 Å². The van der Waals surface area contributed by atoms with Crippen LogP contribution in [0.1, 0.15) is 37.8 Å². The highest BCUT2D eigenvalue weighted by Crippen LogP contribution is 2.29. The van der Waals surface area contributed by atoms with Crippen LogP contribution in [0.2, 0.25) is 0 Å². The second-order valence-electron chi connectivity index (χ2n) is 5.80. The molecule has 1 aromatic carbocycles. The molecule has 0 saturated carbocycles. The summed E-state index contributed by atoms with van der Waals surface area (Å²) in [7, 11) is 1.71. The van der Waals surface area contributed by atoms with Crippen molar-refractivity contribution in [3.8, 4) is 5.75 Å². The molecule has 0 amide bonds. The number of rotatable bonds is 4. The Hall–Kier alpha value is -1.06. The van der Waals surface area contributed by atoms with E-state index in [2.05, 4.69) is 29.3 Å². The van der Waals surface area contributed by atoms with Crippen molar-refractivity contribution in [2.75, 3.05) is 20.2 Å². The molecular formula is C16H24N2O. The molecule has 104 valence electrons. The van der Waals surface area contributed by atoms with Crippen molar-refractivity contribution >= 4 is 0 Å². The van der Waals surface area contributed by atoms with E-state index in [0.717, 1.165) is 11.8 Å². The van der Waals surface area contributed by atoms with Crippen LogP contribution in [0.5, 0.6) is 5.75 Å². The number of hydrogen-bond donors (Lipinski definition) is 1. The Morgan fingerprint density at radius 1 is 1.21 bits per heavy atom. The predicted octanol–water partition coefficient (Wildman–Crippen LogP) is 2.58. The molecule has 1 aromatic rings. The molecule has 3 nitrogen and oxygen atoms in total. The molecule has 0 bridgehead atoms. The SMILES string of the molecule is COc1ccc([C@@H](C)NC2CCN3CCCC23)cc1. The van der Waals surface area contributed by atoms with Crippen molar-refractivity contribution in [3.63, 3.8) is 0 Å². The van der Waals surface area contributed by atoms with E-state index in [0.29, 0.717) is 12.1 Å². The molecule has 2 unspecified atom stereocenters. The number of fused-ring (bicyclic) bond motifs is 1. The number of benzene rings is 1. The van der Waals surface area contributed by atoms with E-state index in [-0.39, 0.29) is 0 Å². The number of methoxy groups -OCH3 is 1. The maximum absolute atomic E-state index is 5.21. The van der Waals surface area contributed by atoms with Crippen molar-refractivity contribution < 1.29 is 4.74 Å². The summed E-state index contributed by atoms with van der Waals surface area (Å²) in [6.45, 7) is 4.84. The molecule has 0 radical (unpaired) electrons. The first-order valence-corrected chi connectivity index (χ1v) is 7.42. The van der Waals surface area contributed by atoms with E-state index in [1.807, 2.05) is 12.1 Å². The number of nitrogens with zero attached hydrogens (tertiary/aromatic N) is 1. The van der Waals surface area contributed by atoms with Crippen LogP contribution in [0.3, 0.4) is 0 Å². The van der Waals surface area contributed by atoms with Crippen molar-refractivity contribution in [1.29, 1.82) is 0 Å². The van der Waals surface area contributed by atoms with E-state index in [1.54, 1.807) is 7.11 Å². The maximum Gasteiger partial charge on any atom is 0.118 e. The van der Waals surface area contributed by atoms with Crippen molar-refractivity contribution in [3.05, 3.63) is 29.8 Å². The van der Waals surface area contributed by atoms with Crippen LogP contribution in [0.4, 0.5) is 0 Å². The molecule has 3 heteroatoms. The summed E-state index contributed by atoms with van der Waals surface area (Å²) in [6, 6.07) is 10.3. The lowest BCUT2D eigenvalue weighted by atomic mass is 10.0. The van der Waals surface area contributed by atoms with Gasteiger partial charge in [-0.05, 0) is 50.4 Å². The Kier molecular flexibility index (Phi) is 3.76. The topological polar surface area (TPSA) is 24.5 Å². The van der Waals surface area contributed by atoms with Gasteiger partial charge in [-0.25, -0.2) is 0 Å². The summed E-state index contributed by atoms with van der Waals surface area (Å²) in [4.78, 5) is 2.65. The van der Waals surface area contributed by atoms with Crippen LogP contribution >= 0.6 is 0 Å². The van der Waals surface area contributed by atoms with Gasteiger partial charge >= 0.3 is 0 Å². The van der Waals surface area contributed by atoms with Crippen LogP contribution in [0, 0.1) is 0 Å². The number of nitrogens with one attached hydrogen (secondary N) is 1. The second-order valence-corrected chi connectivity index (χ2v) is 5.80. The molecule has 2 saturated heterocycles. The predicted molar refractivity (Wildman–Crippen MR) is 77.5 cm³/mol. The summed E-state index contributed by atoms with van der Waals surface area (Å²) >= 11 is 0. The molecule has 1 N–H and O–H groups in total. The van der Waals surface area contributed by atoms with Crippen LogP contribution in [-0.4, -0.2) is 37.2 Å². The summed E-state index contributed by atoms with van der Waals surface area (Å²) in [5.41, 5.74) is 1.34. The quantitative estimate of drug-likeness (QED) is 0.900. The highest BCUT2D eigenvalue weighted by Gasteiger charge is 2.37. The number of ether oxygens (including phenoxy) is 1. The van der Waals surface area contributed by atoms with Gasteiger partial charge in [0.1, 0.15) is 5.75 Å². The van der Waals surface area contributed by atoms with Gasteiger partial charge in [-0.2, -0.15) is 0 Å². The first-order valence-electron chi connectivity index (χ1n) is 7.42. The first-order chi connectivity index (χ1) is 9.28. The van der Waals surface area contributed by atoms with E-state index >= 15 is 0 Å². The monoisotopic (exact) mass is 260 g/mol. The van der Waals surface area contributed by atoms with Crippen LogP contribution in [0.25, 0.3) is 0 Å². The van der Waals surface area contributed by atoms with Gasteiger partial charge < -0.3 is 10.1 Å². The summed E-state index contributed by atoms with van der Waals surface area (Å²) in [6.07, 6.45) is 4.04. The molecule has 0 aliphatic carbocycles. The Balaban J connectivity index is 1.62. The third-order valence-electron chi connectivity index (χ3n) is 4.69. The molecule has 3 rings (SSSR count). The lowest BCUT2D eigenvalue weighted by Gasteiger charge is -2.25. The summed E-state index contributed by atoms with van der Waals surface area (Å²) in [5, 5.41) is 3.82. The van der Waals surface area contributed by atoms with E-state index < -0.39 is 0 Å². The molecule has 2 aliphatic rings. The van der Waals surface area contributed by atoms with E-state index in [1.165, 1.54) is 37.9 Å². The van der Waals surface area contributed by atoms with Gasteiger partial charge in [-0.3, -0.25) is 4.90 Å². The fourth-order valence-electron chi connectivity index (χ4n) is 3.59. The third-order valence-corrected chi connectivity index (χ3v) is 4.69. The lowest BCUT2D eigenvalue weighted by molar-refractivity contribution is 0.291. The van der Waals surface area contributed by atoms with Crippen molar-refractivity contribution in [1.82, 2.24) is 10.2 Å².